The number of aromatic nitrogens is 4. The van der Waals surface area contributed by atoms with Crippen molar-refractivity contribution in [2.24, 2.45) is 13.0 Å². The molecule has 0 saturated heterocycles. The summed E-state index contributed by atoms with van der Waals surface area (Å²) in [6.45, 7) is 3.44. The van der Waals surface area contributed by atoms with Crippen LogP contribution in [0, 0.1) is 5.92 Å². The average molecular weight is 394 g/mol. The van der Waals surface area contributed by atoms with Crippen LogP contribution >= 0.6 is 0 Å². The molecule has 152 valence electrons. The van der Waals surface area contributed by atoms with E-state index in [2.05, 4.69) is 25.3 Å². The first kappa shape index (κ1) is 19.2. The zero-order chi connectivity index (χ0) is 20.4. The Kier molecular flexibility index (Phi) is 5.33. The quantitative estimate of drug-likeness (QED) is 0.662. The van der Waals surface area contributed by atoms with Crippen molar-refractivity contribution in [3.05, 3.63) is 47.5 Å². The fraction of sp³-hybridized carbons (Fsp3) is 0.429. The van der Waals surface area contributed by atoms with E-state index in [-0.39, 0.29) is 11.8 Å². The molecular formula is C21H26N6O2. The van der Waals surface area contributed by atoms with Gasteiger partial charge in [-0.2, -0.15) is 5.10 Å². The van der Waals surface area contributed by atoms with Gasteiger partial charge in [-0.1, -0.05) is 12.1 Å². The third kappa shape index (κ3) is 4.01. The van der Waals surface area contributed by atoms with Crippen molar-refractivity contribution in [3.8, 4) is 0 Å². The zero-order valence-corrected chi connectivity index (χ0v) is 16.8. The molecule has 1 aliphatic heterocycles. The third-order valence-electron chi connectivity index (χ3n) is 5.58. The third-order valence-corrected chi connectivity index (χ3v) is 5.58. The van der Waals surface area contributed by atoms with Crippen molar-refractivity contribution < 1.29 is 9.59 Å². The first-order valence-electron chi connectivity index (χ1n) is 10.0. The van der Waals surface area contributed by atoms with E-state index >= 15 is 0 Å². The number of carbonyl (C=O) groups is 2. The Morgan fingerprint density at radius 1 is 1.24 bits per heavy atom. The standard InChI is InChI=1S/C21H26N6O2/c1-14(28)23-12-15-8-10-27-19(11-15)16(13-24-27)21(29)22-9-7-20-25-17-5-3-4-6-18(17)26(20)2/h3-6,13,15H,7-12H2,1-2H3,(H,22,29)(H,23,28). The Morgan fingerprint density at radius 3 is 2.86 bits per heavy atom. The van der Waals surface area contributed by atoms with Crippen molar-refractivity contribution >= 4 is 22.8 Å². The Labute approximate surface area is 169 Å². The second-order valence-corrected chi connectivity index (χ2v) is 7.61. The van der Waals surface area contributed by atoms with E-state index in [4.69, 9.17) is 0 Å². The minimum atomic E-state index is -0.106. The predicted octanol–water partition coefficient (Wildman–Crippen LogP) is 1.44. The molecular weight excluding hydrogens is 368 g/mol. The van der Waals surface area contributed by atoms with Gasteiger partial charge in [0, 0.05) is 40.0 Å². The summed E-state index contributed by atoms with van der Waals surface area (Å²) in [6.07, 6.45) is 4.00. The van der Waals surface area contributed by atoms with Crippen LogP contribution in [0.1, 0.15) is 35.2 Å². The lowest BCUT2D eigenvalue weighted by atomic mass is 9.94. The number of fused-ring (bicyclic) bond motifs is 2. The molecule has 29 heavy (non-hydrogen) atoms. The maximum Gasteiger partial charge on any atom is 0.254 e. The Hall–Kier alpha value is -3.16. The number of carbonyl (C=O) groups excluding carboxylic acids is 2. The summed E-state index contributed by atoms with van der Waals surface area (Å²) in [5, 5.41) is 10.3. The Balaban J connectivity index is 1.38. The van der Waals surface area contributed by atoms with Gasteiger partial charge >= 0.3 is 0 Å². The summed E-state index contributed by atoms with van der Waals surface area (Å²) < 4.78 is 3.97. The van der Waals surface area contributed by atoms with Gasteiger partial charge in [0.2, 0.25) is 5.91 Å². The first-order valence-corrected chi connectivity index (χ1v) is 10.0. The van der Waals surface area contributed by atoms with Crippen molar-refractivity contribution in [1.29, 1.82) is 0 Å². The van der Waals surface area contributed by atoms with Gasteiger partial charge in [0.25, 0.3) is 5.91 Å². The fourth-order valence-corrected chi connectivity index (χ4v) is 3.95. The number of nitrogens with one attached hydrogen (secondary N) is 2. The van der Waals surface area contributed by atoms with Crippen LogP contribution in [-0.2, 0) is 31.2 Å². The van der Waals surface area contributed by atoms with Crippen LogP contribution in [0.5, 0.6) is 0 Å². The molecule has 3 aromatic rings. The Morgan fingerprint density at radius 2 is 2.07 bits per heavy atom. The smallest absolute Gasteiger partial charge is 0.254 e. The highest BCUT2D eigenvalue weighted by Gasteiger charge is 2.25. The van der Waals surface area contributed by atoms with Gasteiger partial charge in [-0.3, -0.25) is 14.3 Å². The highest BCUT2D eigenvalue weighted by atomic mass is 16.2. The molecule has 0 spiro atoms. The van der Waals surface area contributed by atoms with E-state index in [1.165, 1.54) is 6.92 Å². The van der Waals surface area contributed by atoms with Gasteiger partial charge in [-0.25, -0.2) is 4.98 Å². The molecule has 0 fully saturated rings. The summed E-state index contributed by atoms with van der Waals surface area (Å²) in [5.74, 6) is 1.14. The summed E-state index contributed by atoms with van der Waals surface area (Å²) in [4.78, 5) is 28.6. The number of rotatable bonds is 6. The minimum Gasteiger partial charge on any atom is -0.356 e. The molecule has 0 aliphatic carbocycles. The molecule has 1 atom stereocenters. The van der Waals surface area contributed by atoms with Gasteiger partial charge < -0.3 is 15.2 Å². The van der Waals surface area contributed by atoms with Crippen LogP contribution in [0.4, 0.5) is 0 Å². The van der Waals surface area contributed by atoms with E-state index in [0.717, 1.165) is 41.9 Å². The predicted molar refractivity (Wildman–Crippen MR) is 109 cm³/mol. The van der Waals surface area contributed by atoms with Crippen LogP contribution < -0.4 is 10.6 Å². The van der Waals surface area contributed by atoms with E-state index < -0.39 is 0 Å². The van der Waals surface area contributed by atoms with Crippen molar-refractivity contribution in [1.82, 2.24) is 30.0 Å². The zero-order valence-electron chi connectivity index (χ0n) is 16.8. The summed E-state index contributed by atoms with van der Waals surface area (Å²) in [5.41, 5.74) is 3.63. The normalized spacial score (nSPS) is 15.9. The Bertz CT molecular complexity index is 1050. The molecule has 2 amide bonds. The molecule has 1 aliphatic rings. The second kappa shape index (κ2) is 8.06. The number of hydrogen-bond donors (Lipinski definition) is 2. The van der Waals surface area contributed by atoms with Crippen molar-refractivity contribution in [2.75, 3.05) is 13.1 Å². The molecule has 8 nitrogen and oxygen atoms in total. The lowest BCUT2D eigenvalue weighted by Gasteiger charge is -2.24. The van der Waals surface area contributed by atoms with E-state index in [9.17, 15) is 9.59 Å². The SMILES string of the molecule is CC(=O)NCC1CCn2ncc(C(=O)NCCc3nc4ccccc4n3C)c2C1. The number of nitrogens with zero attached hydrogens (tertiary/aromatic N) is 4. The molecule has 3 heterocycles. The van der Waals surface area contributed by atoms with Crippen LogP contribution in [0.25, 0.3) is 11.0 Å². The van der Waals surface area contributed by atoms with Gasteiger partial charge in [-0.15, -0.1) is 0 Å². The van der Waals surface area contributed by atoms with E-state index in [0.29, 0.717) is 31.0 Å². The molecule has 2 aromatic heterocycles. The number of aryl methyl sites for hydroxylation is 2. The summed E-state index contributed by atoms with van der Waals surface area (Å²) in [6, 6.07) is 8.01. The monoisotopic (exact) mass is 394 g/mol. The van der Waals surface area contributed by atoms with Crippen molar-refractivity contribution in [3.63, 3.8) is 0 Å². The maximum absolute atomic E-state index is 12.7. The van der Waals surface area contributed by atoms with Crippen molar-refractivity contribution in [2.45, 2.75) is 32.7 Å². The highest BCUT2D eigenvalue weighted by molar-refractivity contribution is 5.95. The van der Waals surface area contributed by atoms with Crippen LogP contribution in [0.15, 0.2) is 30.5 Å². The molecule has 0 saturated carbocycles. The minimum absolute atomic E-state index is 0.0241. The second-order valence-electron chi connectivity index (χ2n) is 7.61. The summed E-state index contributed by atoms with van der Waals surface area (Å²) in [7, 11) is 2.00. The fourth-order valence-electron chi connectivity index (χ4n) is 3.95. The molecule has 8 heteroatoms. The van der Waals surface area contributed by atoms with Gasteiger partial charge in [0.05, 0.1) is 28.5 Å². The molecule has 1 unspecified atom stereocenters. The summed E-state index contributed by atoms with van der Waals surface area (Å²) >= 11 is 0. The number of amides is 2. The van der Waals surface area contributed by atoms with Crippen LogP contribution in [0.2, 0.25) is 0 Å². The first-order chi connectivity index (χ1) is 14.0. The molecule has 0 radical (unpaired) electrons. The average Bonchev–Trinajstić information content (AvgIpc) is 3.27. The van der Waals surface area contributed by atoms with E-state index in [1.54, 1.807) is 6.20 Å². The lowest BCUT2D eigenvalue weighted by molar-refractivity contribution is -0.119. The molecule has 1 aromatic carbocycles. The van der Waals surface area contributed by atoms with Crippen LogP contribution in [0.3, 0.4) is 0 Å². The maximum atomic E-state index is 12.7. The number of imidazole rings is 1. The molecule has 2 N–H and O–H groups in total. The van der Waals surface area contributed by atoms with Crippen LogP contribution in [-0.4, -0.2) is 44.2 Å². The molecule has 0 bridgehead atoms. The number of hydrogen-bond acceptors (Lipinski definition) is 4. The van der Waals surface area contributed by atoms with Gasteiger partial charge in [0.15, 0.2) is 0 Å². The number of benzene rings is 1. The topological polar surface area (TPSA) is 93.8 Å². The number of para-hydroxylation sites is 2. The highest BCUT2D eigenvalue weighted by Crippen LogP contribution is 2.22. The largest absolute Gasteiger partial charge is 0.356 e. The lowest BCUT2D eigenvalue weighted by Crippen LogP contribution is -2.33. The van der Waals surface area contributed by atoms with E-state index in [1.807, 2.05) is 36.0 Å². The van der Waals surface area contributed by atoms with Gasteiger partial charge in [0.1, 0.15) is 5.82 Å². The molecule has 4 rings (SSSR count). The van der Waals surface area contributed by atoms with Gasteiger partial charge in [-0.05, 0) is 30.9 Å².